The van der Waals surface area contributed by atoms with Gasteiger partial charge in [-0.1, -0.05) is 11.6 Å². The molecule has 1 saturated heterocycles. The molecule has 1 N–H and O–H groups in total. The summed E-state index contributed by atoms with van der Waals surface area (Å²) in [4.78, 5) is 19.0. The number of anilines is 1. The molecule has 4 nitrogen and oxygen atoms in total. The van der Waals surface area contributed by atoms with Crippen LogP contribution in [0.5, 0.6) is 0 Å². The molecule has 20 heavy (non-hydrogen) atoms. The fourth-order valence-corrected chi connectivity index (χ4v) is 3.77. The van der Waals surface area contributed by atoms with Crippen LogP contribution in [0.1, 0.15) is 10.4 Å². The number of hydrogen-bond donors (Lipinski definition) is 1. The van der Waals surface area contributed by atoms with Crippen LogP contribution in [0.15, 0.2) is 23.2 Å². The Morgan fingerprint density at radius 1 is 1.50 bits per heavy atom. The zero-order valence-electron chi connectivity index (χ0n) is 10.6. The molecule has 7 heteroatoms. The number of aliphatic imine (C=N–C) groups is 1. The first-order chi connectivity index (χ1) is 9.70. The Hall–Kier alpha value is -0.910. The number of halogens is 2. The van der Waals surface area contributed by atoms with E-state index < -0.39 is 0 Å². The number of carbonyl (C=O) groups is 1. The summed E-state index contributed by atoms with van der Waals surface area (Å²) < 4.78 is 0. The monoisotopic (exact) mass is 329 g/mol. The molecule has 2 aliphatic rings. The highest BCUT2D eigenvalue weighted by molar-refractivity contribution is 7.99. The maximum Gasteiger partial charge on any atom is 0.257 e. The normalized spacial score (nSPS) is 23.3. The molecular weight excluding hydrogens is 317 g/mol. The number of hydrogen-bond acceptors (Lipinski definition) is 3. The van der Waals surface area contributed by atoms with Crippen LogP contribution in [0.3, 0.4) is 0 Å². The van der Waals surface area contributed by atoms with Crippen molar-refractivity contribution in [3.05, 3.63) is 28.8 Å². The van der Waals surface area contributed by atoms with Gasteiger partial charge in [-0.25, -0.2) is 0 Å². The van der Waals surface area contributed by atoms with Gasteiger partial charge in [0.05, 0.1) is 29.7 Å². The Morgan fingerprint density at radius 2 is 2.35 bits per heavy atom. The van der Waals surface area contributed by atoms with Crippen LogP contribution in [0.25, 0.3) is 0 Å². The lowest BCUT2D eigenvalue weighted by atomic mass is 10.1. The predicted molar refractivity (Wildman–Crippen MR) is 85.4 cm³/mol. The molecule has 0 saturated carbocycles. The molecule has 1 fully saturated rings. The van der Waals surface area contributed by atoms with E-state index in [9.17, 15) is 4.79 Å². The van der Waals surface area contributed by atoms with Crippen LogP contribution in [-0.4, -0.2) is 46.7 Å². The number of nitrogens with zero attached hydrogens (tertiary/aromatic N) is 2. The highest BCUT2D eigenvalue weighted by Gasteiger charge is 2.37. The van der Waals surface area contributed by atoms with E-state index in [1.807, 2.05) is 11.0 Å². The number of fused-ring (bicyclic) bond motifs is 2. The molecule has 1 unspecified atom stereocenters. The molecule has 0 bridgehead atoms. The fourth-order valence-electron chi connectivity index (χ4n) is 2.36. The zero-order valence-corrected chi connectivity index (χ0v) is 12.9. The van der Waals surface area contributed by atoms with E-state index >= 15 is 0 Å². The number of nitrogens with one attached hydrogen (secondary N) is 1. The molecule has 0 radical (unpaired) electrons. The number of carbonyl (C=O) groups excluding carboxylic acids is 1. The average Bonchev–Trinajstić information content (AvgIpc) is 2.89. The number of rotatable bonds is 2. The lowest BCUT2D eigenvalue weighted by Crippen LogP contribution is -2.42. The van der Waals surface area contributed by atoms with Crippen molar-refractivity contribution in [1.29, 1.82) is 0 Å². The van der Waals surface area contributed by atoms with E-state index in [2.05, 4.69) is 10.3 Å². The van der Waals surface area contributed by atoms with Crippen LogP contribution >= 0.6 is 35.0 Å². The van der Waals surface area contributed by atoms with Crippen LogP contribution in [0, 0.1) is 0 Å². The lowest BCUT2D eigenvalue weighted by molar-refractivity contribution is 0.0783. The third-order valence-electron chi connectivity index (χ3n) is 3.30. The summed E-state index contributed by atoms with van der Waals surface area (Å²) in [5.41, 5.74) is 1.35. The first-order valence-electron chi connectivity index (χ1n) is 6.26. The molecule has 1 atom stereocenters. The van der Waals surface area contributed by atoms with Crippen LogP contribution < -0.4 is 5.32 Å². The van der Waals surface area contributed by atoms with Gasteiger partial charge in [-0.3, -0.25) is 9.79 Å². The molecule has 106 valence electrons. The van der Waals surface area contributed by atoms with Gasteiger partial charge in [0.1, 0.15) is 5.84 Å². The van der Waals surface area contributed by atoms with Gasteiger partial charge in [0.2, 0.25) is 0 Å². The summed E-state index contributed by atoms with van der Waals surface area (Å²) in [5.74, 6) is 2.80. The van der Waals surface area contributed by atoms with Gasteiger partial charge in [-0.15, -0.1) is 23.4 Å². The van der Waals surface area contributed by atoms with E-state index in [-0.39, 0.29) is 11.9 Å². The van der Waals surface area contributed by atoms with Gasteiger partial charge in [0, 0.05) is 16.7 Å². The lowest BCUT2D eigenvalue weighted by Gasteiger charge is -2.21. The van der Waals surface area contributed by atoms with Crippen molar-refractivity contribution in [3.8, 4) is 0 Å². The van der Waals surface area contributed by atoms with Crippen molar-refractivity contribution < 1.29 is 4.79 Å². The number of alkyl halides is 1. The maximum absolute atomic E-state index is 12.6. The van der Waals surface area contributed by atoms with Gasteiger partial charge in [0.15, 0.2) is 0 Å². The second-order valence-electron chi connectivity index (χ2n) is 4.56. The van der Waals surface area contributed by atoms with Crippen molar-refractivity contribution in [3.63, 3.8) is 0 Å². The minimum absolute atomic E-state index is 0.000994. The van der Waals surface area contributed by atoms with Crippen LogP contribution in [0.4, 0.5) is 5.69 Å². The van der Waals surface area contributed by atoms with Crippen molar-refractivity contribution in [2.45, 2.75) is 6.04 Å². The largest absolute Gasteiger partial charge is 0.342 e. The summed E-state index contributed by atoms with van der Waals surface area (Å²) in [7, 11) is 0. The molecule has 2 aliphatic heterocycles. The Kier molecular flexibility index (Phi) is 4.10. The average molecular weight is 330 g/mol. The van der Waals surface area contributed by atoms with Crippen molar-refractivity contribution in [1.82, 2.24) is 4.90 Å². The number of thioether (sulfide) groups is 1. The van der Waals surface area contributed by atoms with E-state index in [0.717, 1.165) is 17.3 Å². The molecule has 3 rings (SSSR count). The van der Waals surface area contributed by atoms with E-state index in [4.69, 9.17) is 23.2 Å². The molecule has 0 aromatic heterocycles. The van der Waals surface area contributed by atoms with Gasteiger partial charge >= 0.3 is 0 Å². The van der Waals surface area contributed by atoms with Gasteiger partial charge in [-0.2, -0.15) is 0 Å². The van der Waals surface area contributed by atoms with E-state index in [1.54, 1.807) is 23.9 Å². The van der Waals surface area contributed by atoms with Crippen LogP contribution in [0.2, 0.25) is 5.02 Å². The topological polar surface area (TPSA) is 44.7 Å². The molecule has 1 amide bonds. The SMILES string of the molecule is O=C1c2cc(Cl)ccc2NC(=NCCCl)C2CSCN12. The van der Waals surface area contributed by atoms with Gasteiger partial charge in [0.25, 0.3) is 5.91 Å². The Labute approximate surface area is 131 Å². The fraction of sp³-hybridized carbons (Fsp3) is 0.385. The maximum atomic E-state index is 12.6. The second kappa shape index (κ2) is 5.84. The third-order valence-corrected chi connectivity index (χ3v) is 4.72. The van der Waals surface area contributed by atoms with Crippen molar-refractivity contribution in [2.75, 3.05) is 29.4 Å². The summed E-state index contributed by atoms with van der Waals surface area (Å²) in [6, 6.07) is 5.28. The second-order valence-corrected chi connectivity index (χ2v) is 6.38. The minimum atomic E-state index is -0.0121. The third kappa shape index (κ3) is 2.50. The Bertz CT molecular complexity index is 579. The number of benzene rings is 1. The Morgan fingerprint density at radius 3 is 3.15 bits per heavy atom. The van der Waals surface area contributed by atoms with Gasteiger partial charge < -0.3 is 10.2 Å². The summed E-state index contributed by atoms with van der Waals surface area (Å²) in [5, 5.41) is 3.84. The van der Waals surface area contributed by atoms with E-state index in [1.165, 1.54) is 0 Å². The van der Waals surface area contributed by atoms with Crippen molar-refractivity contribution in [2.24, 2.45) is 4.99 Å². The van der Waals surface area contributed by atoms with E-state index in [0.29, 0.717) is 28.9 Å². The first-order valence-corrected chi connectivity index (χ1v) is 8.33. The first kappa shape index (κ1) is 14.0. The quantitative estimate of drug-likeness (QED) is 0.848. The molecule has 2 heterocycles. The standard InChI is InChI=1S/C13H13Cl2N3OS/c14-3-4-16-12-11-6-20-7-18(11)13(19)9-5-8(15)1-2-10(9)17-12/h1-2,5,11H,3-4,6-7H2,(H,16,17). The summed E-state index contributed by atoms with van der Waals surface area (Å²) >= 11 is 13.4. The molecule has 1 aromatic rings. The minimum Gasteiger partial charge on any atom is -0.342 e. The number of amides is 1. The molecule has 0 aliphatic carbocycles. The van der Waals surface area contributed by atoms with Crippen LogP contribution in [-0.2, 0) is 0 Å². The highest BCUT2D eigenvalue weighted by Crippen LogP contribution is 2.31. The highest BCUT2D eigenvalue weighted by atomic mass is 35.5. The van der Waals surface area contributed by atoms with Crippen molar-refractivity contribution >= 4 is 52.4 Å². The number of amidine groups is 1. The zero-order chi connectivity index (χ0) is 14.1. The predicted octanol–water partition coefficient (Wildman–Crippen LogP) is 2.92. The van der Waals surface area contributed by atoms with Gasteiger partial charge in [-0.05, 0) is 18.2 Å². The summed E-state index contributed by atoms with van der Waals surface area (Å²) in [6.07, 6.45) is 0. The smallest absolute Gasteiger partial charge is 0.257 e. The summed E-state index contributed by atoms with van der Waals surface area (Å²) in [6.45, 7) is 0.538. The molecule has 1 aromatic carbocycles. The molecular formula is C13H13Cl2N3OS. The Balaban J connectivity index is 2.06. The molecule has 0 spiro atoms.